The quantitative estimate of drug-likeness (QED) is 0.255. The molecule has 0 radical (unpaired) electrons. The first-order valence-corrected chi connectivity index (χ1v) is 16.0. The second-order valence-corrected chi connectivity index (χ2v) is 14.5. The number of benzene rings is 1. The van der Waals surface area contributed by atoms with E-state index in [1.54, 1.807) is 0 Å². The summed E-state index contributed by atoms with van der Waals surface area (Å²) in [5.41, 5.74) is -0.732. The van der Waals surface area contributed by atoms with Gasteiger partial charge in [-0.15, -0.1) is 0 Å². The molecule has 0 amide bonds. The van der Waals surface area contributed by atoms with Crippen molar-refractivity contribution in [3.63, 3.8) is 0 Å². The van der Waals surface area contributed by atoms with Crippen LogP contribution >= 0.6 is 8.25 Å². The van der Waals surface area contributed by atoms with Crippen LogP contribution in [0.25, 0.3) is 0 Å². The molecule has 0 bridgehead atoms. The van der Waals surface area contributed by atoms with Crippen LogP contribution in [0.4, 0.5) is 17.6 Å². The van der Waals surface area contributed by atoms with Crippen molar-refractivity contribution >= 4 is 8.25 Å². The van der Waals surface area contributed by atoms with Gasteiger partial charge in [-0.2, -0.15) is 13.2 Å². The van der Waals surface area contributed by atoms with Crippen molar-refractivity contribution < 1.29 is 41.4 Å². The van der Waals surface area contributed by atoms with Gasteiger partial charge in [0.05, 0.1) is 24.7 Å². The summed E-state index contributed by atoms with van der Waals surface area (Å²) >= 11 is 0. The van der Waals surface area contributed by atoms with Crippen molar-refractivity contribution in [2.45, 2.75) is 90.5 Å². The third kappa shape index (κ3) is 5.38. The molecule has 10 heteroatoms. The lowest BCUT2D eigenvalue weighted by Crippen LogP contribution is -2.64. The van der Waals surface area contributed by atoms with Gasteiger partial charge in [0.2, 0.25) is 0 Å². The van der Waals surface area contributed by atoms with Crippen molar-refractivity contribution in [3.05, 3.63) is 30.1 Å². The molecule has 4 aliphatic rings. The van der Waals surface area contributed by atoms with Crippen molar-refractivity contribution in [2.75, 3.05) is 6.61 Å². The molecule has 0 saturated heterocycles. The fourth-order valence-corrected chi connectivity index (χ4v) is 10.5. The Hall–Kier alpha value is -1.15. The lowest BCUT2D eigenvalue weighted by atomic mass is 9.41. The summed E-state index contributed by atoms with van der Waals surface area (Å²) in [6.07, 6.45) is -1.50. The molecule has 1 aromatic carbocycles. The number of hydrogen-bond donors (Lipinski definition) is 2. The van der Waals surface area contributed by atoms with Crippen LogP contribution in [0.15, 0.2) is 24.3 Å². The molecule has 6 unspecified atom stereocenters. The zero-order valence-corrected chi connectivity index (χ0v) is 24.5. The summed E-state index contributed by atoms with van der Waals surface area (Å²) < 4.78 is 79.6. The minimum absolute atomic E-state index is 0.00466. The average Bonchev–Trinajstić information content (AvgIpc) is 3.23. The molecule has 2 N–H and O–H groups in total. The Morgan fingerprint density at radius 3 is 2.33 bits per heavy atom. The summed E-state index contributed by atoms with van der Waals surface area (Å²) in [6.45, 7) is 6.56. The molecule has 0 spiro atoms. The average molecular weight is 591 g/mol. The van der Waals surface area contributed by atoms with Gasteiger partial charge in [-0.3, -0.25) is 0 Å². The highest BCUT2D eigenvalue weighted by molar-refractivity contribution is 7.33. The normalized spacial score (nSPS) is 42.8. The van der Waals surface area contributed by atoms with E-state index in [0.29, 0.717) is 19.3 Å². The zero-order valence-electron chi connectivity index (χ0n) is 23.5. The fraction of sp³-hybridized carbons (Fsp3) is 0.800. The number of halogens is 4. The SMILES string of the molecule is C[C@H](CCO[PH](=O)Oc1ccc(F)cc1)C1CCC2C3C(CC[C@@]21C)[C@@]1(C)CC[C@@H](O)CC1[C@@H](C(F)(F)F)[C@H]3O. The van der Waals surface area contributed by atoms with Gasteiger partial charge < -0.3 is 19.3 Å². The molecule has 0 heterocycles. The van der Waals surface area contributed by atoms with Gasteiger partial charge >= 0.3 is 14.4 Å². The van der Waals surface area contributed by atoms with Crippen LogP contribution in [0.1, 0.15) is 72.1 Å². The fourth-order valence-electron chi connectivity index (χ4n) is 9.83. The summed E-state index contributed by atoms with van der Waals surface area (Å²) in [4.78, 5) is 0. The Balaban J connectivity index is 1.27. The lowest BCUT2D eigenvalue weighted by Gasteiger charge is -2.64. The van der Waals surface area contributed by atoms with Gasteiger partial charge in [-0.05, 0) is 122 Å². The molecular formula is C30H43F4O5P. The van der Waals surface area contributed by atoms with Crippen LogP contribution in [0.5, 0.6) is 5.75 Å². The van der Waals surface area contributed by atoms with Crippen molar-refractivity contribution in [2.24, 2.45) is 52.3 Å². The van der Waals surface area contributed by atoms with Gasteiger partial charge in [0.25, 0.3) is 0 Å². The van der Waals surface area contributed by atoms with Crippen LogP contribution in [0, 0.1) is 58.1 Å². The highest BCUT2D eigenvalue weighted by Crippen LogP contribution is 2.70. The van der Waals surface area contributed by atoms with Gasteiger partial charge in [0, 0.05) is 0 Å². The molecule has 12 atom stereocenters. The van der Waals surface area contributed by atoms with E-state index in [-0.39, 0.29) is 47.9 Å². The smallest absolute Gasteiger partial charge is 0.394 e. The molecule has 4 fully saturated rings. The van der Waals surface area contributed by atoms with Crippen molar-refractivity contribution in [1.29, 1.82) is 0 Å². The van der Waals surface area contributed by atoms with Crippen molar-refractivity contribution in [1.82, 2.24) is 0 Å². The first-order chi connectivity index (χ1) is 18.8. The van der Waals surface area contributed by atoms with E-state index in [2.05, 4.69) is 13.8 Å². The molecule has 4 saturated carbocycles. The standard InChI is InChI=1S/C30H43F4O5P/c1-17(12-15-38-40(37)39-20-6-4-18(31)5-7-20)21-8-9-22-25-23(11-14-28(21,22)2)29(3)13-10-19(35)16-24(29)26(27(25)36)30(32,33)34/h4-7,17,19,21-27,35-36,40H,8-16H2,1-3H3/t17-,19-,21?,22?,23?,24?,25?,26-,27+,28-,29-/m1/s1. The van der Waals surface area contributed by atoms with E-state index in [0.717, 1.165) is 25.7 Å². The molecule has 226 valence electrons. The van der Waals surface area contributed by atoms with Crippen LogP contribution in [-0.2, 0) is 9.09 Å². The molecule has 4 aliphatic carbocycles. The number of aliphatic hydroxyl groups excluding tert-OH is 2. The second-order valence-electron chi connectivity index (χ2n) is 13.5. The molecule has 0 aromatic heterocycles. The maximum absolute atomic E-state index is 14.5. The third-order valence-electron chi connectivity index (χ3n) is 11.7. The molecular weight excluding hydrogens is 547 g/mol. The van der Waals surface area contributed by atoms with E-state index >= 15 is 0 Å². The molecule has 5 nitrogen and oxygen atoms in total. The van der Waals surface area contributed by atoms with Gasteiger partial charge in [0.1, 0.15) is 11.6 Å². The Bertz CT molecular complexity index is 1070. The lowest BCUT2D eigenvalue weighted by molar-refractivity contribution is -0.289. The summed E-state index contributed by atoms with van der Waals surface area (Å²) in [5.74, 6) is -2.64. The van der Waals surface area contributed by atoms with E-state index < -0.39 is 55.6 Å². The molecule has 40 heavy (non-hydrogen) atoms. The van der Waals surface area contributed by atoms with Gasteiger partial charge in [0.15, 0.2) is 0 Å². The maximum Gasteiger partial charge on any atom is 0.394 e. The summed E-state index contributed by atoms with van der Waals surface area (Å²) in [5, 5.41) is 21.8. The number of aliphatic hydroxyl groups is 2. The number of hydrogen-bond acceptors (Lipinski definition) is 5. The largest absolute Gasteiger partial charge is 0.426 e. The summed E-state index contributed by atoms with van der Waals surface area (Å²) in [6, 6.07) is 5.22. The van der Waals surface area contributed by atoms with E-state index in [1.165, 1.54) is 24.3 Å². The van der Waals surface area contributed by atoms with Crippen molar-refractivity contribution in [3.8, 4) is 5.75 Å². The van der Waals surface area contributed by atoms with E-state index in [9.17, 15) is 32.3 Å². The van der Waals surface area contributed by atoms with E-state index in [4.69, 9.17) is 9.05 Å². The predicted molar refractivity (Wildman–Crippen MR) is 143 cm³/mol. The van der Waals surface area contributed by atoms with Gasteiger partial charge in [-0.1, -0.05) is 20.8 Å². The highest BCUT2D eigenvalue weighted by atomic mass is 31.1. The van der Waals surface area contributed by atoms with Crippen LogP contribution in [0.3, 0.4) is 0 Å². The monoisotopic (exact) mass is 590 g/mol. The topological polar surface area (TPSA) is 76.0 Å². The number of rotatable bonds is 7. The summed E-state index contributed by atoms with van der Waals surface area (Å²) in [7, 11) is -2.81. The Kier molecular flexibility index (Phi) is 8.46. The Labute approximate surface area is 235 Å². The first-order valence-electron chi connectivity index (χ1n) is 14.8. The predicted octanol–water partition coefficient (Wildman–Crippen LogP) is 7.42. The molecule has 5 rings (SSSR count). The minimum atomic E-state index is -4.52. The Morgan fingerprint density at radius 1 is 1.00 bits per heavy atom. The second kappa shape index (κ2) is 11.2. The van der Waals surface area contributed by atoms with Gasteiger partial charge in [-0.25, -0.2) is 8.96 Å². The minimum Gasteiger partial charge on any atom is -0.426 e. The zero-order chi connectivity index (χ0) is 29.0. The van der Waals surface area contributed by atoms with Crippen LogP contribution in [-0.4, -0.2) is 35.2 Å². The highest BCUT2D eigenvalue weighted by Gasteiger charge is 2.69. The molecule has 1 aromatic rings. The van der Waals surface area contributed by atoms with Crippen LogP contribution in [0.2, 0.25) is 0 Å². The first kappa shape index (κ1) is 30.3. The number of fused-ring (bicyclic) bond motifs is 5. The maximum atomic E-state index is 14.5. The van der Waals surface area contributed by atoms with Crippen LogP contribution < -0.4 is 4.52 Å². The molecule has 0 aliphatic heterocycles. The number of alkyl halides is 3. The van der Waals surface area contributed by atoms with E-state index in [1.807, 2.05) is 6.92 Å². The Morgan fingerprint density at radius 2 is 1.65 bits per heavy atom. The third-order valence-corrected chi connectivity index (χ3v) is 12.6.